The van der Waals surface area contributed by atoms with E-state index in [1.807, 2.05) is 0 Å². The first-order valence-electron chi connectivity index (χ1n) is 7.97. The van der Waals surface area contributed by atoms with Gasteiger partial charge in [0.1, 0.15) is 0 Å². The molecule has 0 aromatic heterocycles. The van der Waals surface area contributed by atoms with Gasteiger partial charge in [-0.1, -0.05) is 13.3 Å². The van der Waals surface area contributed by atoms with E-state index < -0.39 is 0 Å². The van der Waals surface area contributed by atoms with Crippen LogP contribution in [0.1, 0.15) is 51.9 Å². The molecule has 1 aliphatic heterocycles. The van der Waals surface area contributed by atoms with Gasteiger partial charge in [0.05, 0.1) is 13.2 Å². The minimum atomic E-state index is -0.203. The van der Waals surface area contributed by atoms with E-state index in [1.165, 1.54) is 37.9 Å². The number of rotatable bonds is 4. The van der Waals surface area contributed by atoms with Gasteiger partial charge >= 0.3 is 0 Å². The molecule has 3 aliphatic rings. The van der Waals surface area contributed by atoms with E-state index in [-0.39, 0.29) is 5.79 Å². The quantitative estimate of drug-likeness (QED) is 0.860. The van der Waals surface area contributed by atoms with Crippen LogP contribution in [0.5, 0.6) is 0 Å². The van der Waals surface area contributed by atoms with Crippen molar-refractivity contribution in [2.45, 2.75) is 75.0 Å². The van der Waals surface area contributed by atoms with Gasteiger partial charge in [-0.25, -0.2) is 0 Å². The number of nitrogens with one attached hydrogen (secondary N) is 1. The fraction of sp³-hybridized carbons (Fsp3) is 1.00. The lowest BCUT2D eigenvalue weighted by Crippen LogP contribution is -2.47. The van der Waals surface area contributed by atoms with Crippen molar-refractivity contribution in [2.24, 2.45) is 0 Å². The molecule has 0 aromatic carbocycles. The van der Waals surface area contributed by atoms with Crippen molar-refractivity contribution in [1.29, 1.82) is 0 Å². The summed E-state index contributed by atoms with van der Waals surface area (Å²) in [6, 6.07) is 1.43. The van der Waals surface area contributed by atoms with Crippen LogP contribution in [-0.2, 0) is 9.47 Å². The van der Waals surface area contributed by atoms with Crippen LogP contribution in [0, 0.1) is 0 Å². The van der Waals surface area contributed by atoms with Crippen molar-refractivity contribution in [2.75, 3.05) is 19.0 Å². The highest BCUT2D eigenvalue weighted by atomic mass is 32.2. The third-order valence-corrected chi connectivity index (χ3v) is 6.17. The smallest absolute Gasteiger partial charge is 0.168 e. The Hall–Kier alpha value is 0.230. The van der Waals surface area contributed by atoms with Gasteiger partial charge < -0.3 is 14.8 Å². The predicted octanol–water partition coefficient (Wildman–Crippen LogP) is 2.94. The van der Waals surface area contributed by atoms with E-state index in [9.17, 15) is 0 Å². The van der Waals surface area contributed by atoms with Crippen LogP contribution in [0.2, 0.25) is 0 Å². The van der Waals surface area contributed by atoms with Crippen LogP contribution >= 0.6 is 11.8 Å². The predicted molar refractivity (Wildman–Crippen MR) is 79.6 cm³/mol. The number of hydrogen-bond donors (Lipinski definition) is 1. The average molecular weight is 285 g/mol. The Kier molecular flexibility index (Phi) is 4.73. The average Bonchev–Trinajstić information content (AvgIpc) is 3.04. The molecular weight excluding hydrogens is 258 g/mol. The van der Waals surface area contributed by atoms with Crippen LogP contribution in [0.25, 0.3) is 0 Å². The van der Waals surface area contributed by atoms with E-state index in [0.717, 1.165) is 37.3 Å². The van der Waals surface area contributed by atoms with Crippen LogP contribution < -0.4 is 5.32 Å². The number of ether oxygens (including phenoxy) is 2. The first-order valence-corrected chi connectivity index (χ1v) is 9.02. The molecule has 3 fully saturated rings. The summed E-state index contributed by atoms with van der Waals surface area (Å²) in [5.41, 5.74) is 0. The Bertz CT molecular complexity index is 284. The normalized spacial score (nSPS) is 35.2. The first-order chi connectivity index (χ1) is 9.31. The molecule has 0 radical (unpaired) electrons. The molecule has 110 valence electrons. The lowest BCUT2D eigenvalue weighted by Gasteiger charge is -2.37. The van der Waals surface area contributed by atoms with Crippen molar-refractivity contribution < 1.29 is 9.47 Å². The molecule has 2 atom stereocenters. The van der Waals surface area contributed by atoms with E-state index in [1.54, 1.807) is 0 Å². The zero-order chi connectivity index (χ0) is 13.1. The molecule has 0 amide bonds. The first kappa shape index (κ1) is 14.2. The Balaban J connectivity index is 1.46. The molecule has 1 spiro atoms. The van der Waals surface area contributed by atoms with Crippen molar-refractivity contribution in [3.05, 3.63) is 0 Å². The lowest BCUT2D eigenvalue weighted by molar-refractivity contribution is -0.179. The molecule has 0 aromatic rings. The van der Waals surface area contributed by atoms with E-state index in [2.05, 4.69) is 24.0 Å². The van der Waals surface area contributed by atoms with Crippen LogP contribution in [-0.4, -0.2) is 42.1 Å². The second kappa shape index (κ2) is 6.33. The fourth-order valence-corrected chi connectivity index (χ4v) is 5.05. The maximum Gasteiger partial charge on any atom is 0.168 e. The summed E-state index contributed by atoms with van der Waals surface area (Å²) >= 11 is 2.14. The molecule has 3 rings (SSSR count). The van der Waals surface area contributed by atoms with Crippen molar-refractivity contribution >= 4 is 11.8 Å². The third kappa shape index (κ3) is 3.29. The Morgan fingerprint density at radius 3 is 2.53 bits per heavy atom. The van der Waals surface area contributed by atoms with E-state index >= 15 is 0 Å². The number of hydrogen-bond acceptors (Lipinski definition) is 4. The highest BCUT2D eigenvalue weighted by Crippen LogP contribution is 2.37. The maximum atomic E-state index is 5.81. The molecule has 1 heterocycles. The molecular formula is C15H27NO2S. The van der Waals surface area contributed by atoms with Crippen LogP contribution in [0.15, 0.2) is 0 Å². The minimum absolute atomic E-state index is 0.203. The van der Waals surface area contributed by atoms with Gasteiger partial charge in [0.15, 0.2) is 5.79 Å². The second-order valence-corrected chi connectivity index (χ2v) is 7.60. The monoisotopic (exact) mass is 285 g/mol. The second-order valence-electron chi connectivity index (χ2n) is 6.08. The highest BCUT2D eigenvalue weighted by molar-refractivity contribution is 7.99. The molecule has 1 saturated heterocycles. The molecule has 2 aliphatic carbocycles. The van der Waals surface area contributed by atoms with Gasteiger partial charge in [0, 0.05) is 30.2 Å². The summed E-state index contributed by atoms with van der Waals surface area (Å²) in [6.07, 6.45) is 8.73. The fourth-order valence-electron chi connectivity index (χ4n) is 3.84. The molecule has 2 saturated carbocycles. The summed E-state index contributed by atoms with van der Waals surface area (Å²) in [5.74, 6) is 1.05. The SMILES string of the molecule is CCSC1CCCC1NC1CCC2(CC1)OCCO2. The highest BCUT2D eigenvalue weighted by Gasteiger charge is 2.41. The van der Waals surface area contributed by atoms with Crippen molar-refractivity contribution in [3.8, 4) is 0 Å². The van der Waals surface area contributed by atoms with Gasteiger partial charge in [-0.3, -0.25) is 0 Å². The van der Waals surface area contributed by atoms with Crippen molar-refractivity contribution in [1.82, 2.24) is 5.32 Å². The minimum Gasteiger partial charge on any atom is -0.348 e. The molecule has 3 nitrogen and oxygen atoms in total. The molecule has 1 N–H and O–H groups in total. The van der Waals surface area contributed by atoms with Crippen LogP contribution in [0.4, 0.5) is 0 Å². The largest absolute Gasteiger partial charge is 0.348 e. The summed E-state index contributed by atoms with van der Waals surface area (Å²) in [7, 11) is 0. The summed E-state index contributed by atoms with van der Waals surface area (Å²) in [6.45, 7) is 3.85. The summed E-state index contributed by atoms with van der Waals surface area (Å²) in [4.78, 5) is 0. The van der Waals surface area contributed by atoms with Gasteiger partial charge in [-0.2, -0.15) is 11.8 Å². The summed E-state index contributed by atoms with van der Waals surface area (Å²) in [5, 5.41) is 4.77. The third-order valence-electron chi connectivity index (χ3n) is 4.84. The van der Waals surface area contributed by atoms with Crippen LogP contribution in [0.3, 0.4) is 0 Å². The zero-order valence-corrected chi connectivity index (χ0v) is 12.8. The molecule has 4 heteroatoms. The molecule has 0 bridgehead atoms. The van der Waals surface area contributed by atoms with E-state index in [4.69, 9.17) is 9.47 Å². The van der Waals surface area contributed by atoms with Crippen molar-refractivity contribution in [3.63, 3.8) is 0 Å². The zero-order valence-electron chi connectivity index (χ0n) is 12.0. The standard InChI is InChI=1S/C15H27NO2S/c1-2-19-14-5-3-4-13(14)16-12-6-8-15(9-7-12)17-10-11-18-15/h12-14,16H,2-11H2,1H3. The van der Waals surface area contributed by atoms with Gasteiger partial charge in [-0.05, 0) is 31.4 Å². The maximum absolute atomic E-state index is 5.81. The lowest BCUT2D eigenvalue weighted by atomic mass is 9.89. The molecule has 19 heavy (non-hydrogen) atoms. The topological polar surface area (TPSA) is 30.5 Å². The Labute approximate surface area is 121 Å². The Morgan fingerprint density at radius 2 is 1.84 bits per heavy atom. The van der Waals surface area contributed by atoms with Gasteiger partial charge in [0.2, 0.25) is 0 Å². The summed E-state index contributed by atoms with van der Waals surface area (Å²) < 4.78 is 11.6. The molecule has 2 unspecified atom stereocenters. The van der Waals surface area contributed by atoms with E-state index in [0.29, 0.717) is 6.04 Å². The van der Waals surface area contributed by atoms with Gasteiger partial charge in [0.25, 0.3) is 0 Å². The van der Waals surface area contributed by atoms with Gasteiger partial charge in [-0.15, -0.1) is 0 Å². The number of thioether (sulfide) groups is 1. The Morgan fingerprint density at radius 1 is 1.11 bits per heavy atom.